The molecule has 1 saturated heterocycles. The fourth-order valence-corrected chi connectivity index (χ4v) is 3.12. The number of hydrogen-bond donors (Lipinski definition) is 1. The molecule has 1 unspecified atom stereocenters. The molecule has 0 aromatic carbocycles. The number of rotatable bonds is 3. The van der Waals surface area contributed by atoms with E-state index in [2.05, 4.69) is 12.2 Å². The van der Waals surface area contributed by atoms with Crippen LogP contribution in [0, 0.1) is 11.8 Å². The Hall–Kier alpha value is -1.06. The van der Waals surface area contributed by atoms with Crippen molar-refractivity contribution in [2.45, 2.75) is 52.0 Å². The molecule has 2 fully saturated rings. The summed E-state index contributed by atoms with van der Waals surface area (Å²) in [4.78, 5) is 25.5. The highest BCUT2D eigenvalue weighted by molar-refractivity contribution is 5.94. The Balaban J connectivity index is 1.96. The summed E-state index contributed by atoms with van der Waals surface area (Å²) >= 11 is 0. The van der Waals surface area contributed by atoms with Crippen LogP contribution in [0.5, 0.6) is 0 Å². The van der Waals surface area contributed by atoms with E-state index in [1.54, 1.807) is 0 Å². The Bertz CT molecular complexity index is 322. The van der Waals surface area contributed by atoms with Gasteiger partial charge in [0.2, 0.25) is 11.8 Å². The van der Waals surface area contributed by atoms with Crippen LogP contribution in [0.4, 0.5) is 0 Å². The van der Waals surface area contributed by atoms with Gasteiger partial charge in [0.25, 0.3) is 0 Å². The molecule has 1 aliphatic heterocycles. The van der Waals surface area contributed by atoms with Gasteiger partial charge in [-0.05, 0) is 31.1 Å². The molecule has 0 aromatic heterocycles. The maximum atomic E-state index is 12.0. The van der Waals surface area contributed by atoms with Crippen molar-refractivity contribution in [1.82, 2.24) is 10.2 Å². The minimum atomic E-state index is -0.245. The van der Waals surface area contributed by atoms with E-state index in [0.717, 1.165) is 12.5 Å². The van der Waals surface area contributed by atoms with Gasteiger partial charge in [0.05, 0.1) is 6.54 Å². The second-order valence-electron chi connectivity index (χ2n) is 5.81. The molecule has 102 valence electrons. The average Bonchev–Trinajstić information content (AvgIpc) is 2.37. The zero-order valence-electron chi connectivity index (χ0n) is 11.4. The van der Waals surface area contributed by atoms with E-state index in [0.29, 0.717) is 12.3 Å². The van der Waals surface area contributed by atoms with Gasteiger partial charge in [-0.1, -0.05) is 26.7 Å². The number of nitrogens with zero attached hydrogens (tertiary/aromatic N) is 1. The van der Waals surface area contributed by atoms with E-state index < -0.39 is 0 Å². The molecule has 4 nitrogen and oxygen atoms in total. The van der Waals surface area contributed by atoms with Crippen LogP contribution in [0.25, 0.3) is 0 Å². The molecule has 2 amide bonds. The minimum absolute atomic E-state index is 0.0151. The molecule has 1 heterocycles. The monoisotopic (exact) mass is 252 g/mol. The van der Waals surface area contributed by atoms with E-state index in [4.69, 9.17) is 0 Å². The van der Waals surface area contributed by atoms with Crippen molar-refractivity contribution in [1.29, 1.82) is 0 Å². The first-order valence-corrected chi connectivity index (χ1v) is 7.19. The van der Waals surface area contributed by atoms with Gasteiger partial charge < -0.3 is 10.2 Å². The van der Waals surface area contributed by atoms with Crippen molar-refractivity contribution in [2.24, 2.45) is 11.8 Å². The van der Waals surface area contributed by atoms with Crippen LogP contribution >= 0.6 is 0 Å². The van der Waals surface area contributed by atoms with Crippen molar-refractivity contribution in [3.63, 3.8) is 0 Å². The maximum Gasteiger partial charge on any atom is 0.243 e. The Labute approximate surface area is 109 Å². The van der Waals surface area contributed by atoms with Crippen LogP contribution < -0.4 is 5.32 Å². The molecule has 18 heavy (non-hydrogen) atoms. The standard InChI is InChI=1S/C14H24N2O2/c1-3-12-14(18)15-8-13(17)16(12)9-11-6-4-10(2)5-7-11/h10-12H,3-9H2,1-2H3,(H,15,18). The number of piperazine rings is 1. The van der Waals surface area contributed by atoms with Crippen LogP contribution in [0.1, 0.15) is 46.0 Å². The molecule has 2 aliphatic rings. The van der Waals surface area contributed by atoms with Crippen molar-refractivity contribution in [2.75, 3.05) is 13.1 Å². The van der Waals surface area contributed by atoms with Crippen molar-refractivity contribution >= 4 is 11.8 Å². The third-order valence-corrected chi connectivity index (χ3v) is 4.39. The van der Waals surface area contributed by atoms with Crippen molar-refractivity contribution in [3.8, 4) is 0 Å². The quantitative estimate of drug-likeness (QED) is 0.828. The lowest BCUT2D eigenvalue weighted by molar-refractivity contribution is -0.146. The molecule has 1 N–H and O–H groups in total. The molecule has 1 saturated carbocycles. The van der Waals surface area contributed by atoms with Crippen molar-refractivity contribution in [3.05, 3.63) is 0 Å². The van der Waals surface area contributed by atoms with Crippen LogP contribution in [0.2, 0.25) is 0 Å². The smallest absolute Gasteiger partial charge is 0.243 e. The normalized spacial score (nSPS) is 33.4. The Kier molecular flexibility index (Phi) is 4.25. The molecular formula is C14H24N2O2. The van der Waals surface area contributed by atoms with E-state index in [1.807, 2.05) is 11.8 Å². The van der Waals surface area contributed by atoms with Gasteiger partial charge in [-0.15, -0.1) is 0 Å². The summed E-state index contributed by atoms with van der Waals surface area (Å²) in [6.07, 6.45) is 5.62. The zero-order chi connectivity index (χ0) is 13.1. The third-order valence-electron chi connectivity index (χ3n) is 4.39. The summed E-state index contributed by atoms with van der Waals surface area (Å²) in [6, 6.07) is -0.245. The molecule has 0 radical (unpaired) electrons. The highest BCUT2D eigenvalue weighted by Gasteiger charge is 2.34. The fourth-order valence-electron chi connectivity index (χ4n) is 3.12. The molecule has 0 aromatic rings. The van der Waals surface area contributed by atoms with Gasteiger partial charge in [0.15, 0.2) is 0 Å². The average molecular weight is 252 g/mol. The number of carbonyl (C=O) groups is 2. The SMILES string of the molecule is CCC1C(=O)NCC(=O)N1CC1CCC(C)CC1. The molecule has 2 rings (SSSR count). The van der Waals surface area contributed by atoms with Crippen LogP contribution in [0.15, 0.2) is 0 Å². The second kappa shape index (κ2) is 5.72. The van der Waals surface area contributed by atoms with E-state index in [-0.39, 0.29) is 24.4 Å². The highest BCUT2D eigenvalue weighted by atomic mass is 16.2. The first kappa shape index (κ1) is 13.4. The molecule has 0 spiro atoms. The van der Waals surface area contributed by atoms with E-state index in [9.17, 15) is 9.59 Å². The van der Waals surface area contributed by atoms with E-state index >= 15 is 0 Å². The van der Waals surface area contributed by atoms with Gasteiger partial charge >= 0.3 is 0 Å². The zero-order valence-corrected chi connectivity index (χ0v) is 11.4. The molecule has 1 atom stereocenters. The predicted molar refractivity (Wildman–Crippen MR) is 69.9 cm³/mol. The van der Waals surface area contributed by atoms with Crippen LogP contribution in [-0.2, 0) is 9.59 Å². The summed E-state index contributed by atoms with van der Waals surface area (Å²) < 4.78 is 0. The van der Waals surface area contributed by atoms with Gasteiger partial charge in [-0.25, -0.2) is 0 Å². The van der Waals surface area contributed by atoms with Gasteiger partial charge in [0.1, 0.15) is 6.04 Å². The number of hydrogen-bond acceptors (Lipinski definition) is 2. The van der Waals surface area contributed by atoms with Crippen LogP contribution in [0.3, 0.4) is 0 Å². The Morgan fingerprint density at radius 2 is 1.89 bits per heavy atom. The summed E-state index contributed by atoms with van der Waals surface area (Å²) in [5.41, 5.74) is 0. The van der Waals surface area contributed by atoms with Gasteiger partial charge in [0, 0.05) is 6.54 Å². The number of amides is 2. The number of carbonyl (C=O) groups excluding carboxylic acids is 2. The molecule has 0 bridgehead atoms. The lowest BCUT2D eigenvalue weighted by atomic mass is 9.82. The lowest BCUT2D eigenvalue weighted by Gasteiger charge is -2.38. The largest absolute Gasteiger partial charge is 0.345 e. The minimum Gasteiger partial charge on any atom is -0.345 e. The van der Waals surface area contributed by atoms with Gasteiger partial charge in [-0.3, -0.25) is 9.59 Å². The first-order chi connectivity index (χ1) is 8.61. The first-order valence-electron chi connectivity index (χ1n) is 7.19. The van der Waals surface area contributed by atoms with Crippen molar-refractivity contribution < 1.29 is 9.59 Å². The summed E-state index contributed by atoms with van der Waals surface area (Å²) in [6.45, 7) is 5.22. The molecule has 4 heteroatoms. The topological polar surface area (TPSA) is 49.4 Å². The highest BCUT2D eigenvalue weighted by Crippen LogP contribution is 2.29. The Morgan fingerprint density at radius 1 is 1.22 bits per heavy atom. The summed E-state index contributed by atoms with van der Waals surface area (Å²) in [5, 5.41) is 2.68. The maximum absolute atomic E-state index is 12.0. The van der Waals surface area contributed by atoms with Crippen LogP contribution in [-0.4, -0.2) is 35.8 Å². The predicted octanol–water partition coefficient (Wildman–Crippen LogP) is 1.55. The Morgan fingerprint density at radius 3 is 2.50 bits per heavy atom. The fraction of sp³-hybridized carbons (Fsp3) is 0.857. The third kappa shape index (κ3) is 2.85. The molecule has 1 aliphatic carbocycles. The van der Waals surface area contributed by atoms with Gasteiger partial charge in [-0.2, -0.15) is 0 Å². The summed E-state index contributed by atoms with van der Waals surface area (Å²) in [5.74, 6) is 1.51. The number of nitrogens with one attached hydrogen (secondary N) is 1. The second-order valence-corrected chi connectivity index (χ2v) is 5.81. The van der Waals surface area contributed by atoms with E-state index in [1.165, 1.54) is 25.7 Å². The summed E-state index contributed by atoms with van der Waals surface area (Å²) in [7, 11) is 0. The molecular weight excluding hydrogens is 228 g/mol. The lowest BCUT2D eigenvalue weighted by Crippen LogP contribution is -2.59.